The zero-order valence-corrected chi connectivity index (χ0v) is 16.5. The summed E-state index contributed by atoms with van der Waals surface area (Å²) in [5.41, 5.74) is 0.302. The van der Waals surface area contributed by atoms with Crippen molar-refractivity contribution >= 4 is 33.3 Å². The van der Waals surface area contributed by atoms with Crippen LogP contribution in [0.4, 0.5) is 13.2 Å². The molecule has 1 rings (SSSR count). The first-order valence-electron chi connectivity index (χ1n) is 7.13. The van der Waals surface area contributed by atoms with Gasteiger partial charge in [0, 0.05) is 15.8 Å². The molecule has 142 valence electrons. The minimum Gasteiger partial charge on any atom is -0.598 e. The molecular weight excluding hydrogens is 427 g/mol. The highest BCUT2D eigenvalue weighted by Crippen LogP contribution is 2.31. The van der Waals surface area contributed by atoms with Crippen molar-refractivity contribution in [2.45, 2.75) is 44.3 Å². The zero-order valence-electron chi connectivity index (χ0n) is 14.1. The number of halogens is 4. The molecule has 5 nitrogen and oxygen atoms in total. The Morgan fingerprint density at radius 1 is 1.32 bits per heavy atom. The first-order chi connectivity index (χ1) is 11.3. The molecule has 25 heavy (non-hydrogen) atoms. The predicted octanol–water partition coefficient (Wildman–Crippen LogP) is 4.00. The topological polar surface area (TPSA) is 70.6 Å². The van der Waals surface area contributed by atoms with Gasteiger partial charge in [0.1, 0.15) is 10.5 Å². The lowest BCUT2D eigenvalue weighted by molar-refractivity contribution is -0.274. The van der Waals surface area contributed by atoms with E-state index in [1.807, 2.05) is 0 Å². The van der Waals surface area contributed by atoms with E-state index in [2.05, 4.69) is 30.1 Å². The molecule has 0 saturated heterocycles. The Morgan fingerprint density at radius 3 is 2.40 bits per heavy atom. The van der Waals surface area contributed by atoms with Gasteiger partial charge in [-0.25, -0.2) is 0 Å². The quantitative estimate of drug-likeness (QED) is 0.529. The van der Waals surface area contributed by atoms with Crippen LogP contribution in [0.1, 0.15) is 38.8 Å². The van der Waals surface area contributed by atoms with E-state index < -0.39 is 40.2 Å². The van der Waals surface area contributed by atoms with Crippen molar-refractivity contribution in [1.29, 1.82) is 0 Å². The number of nitrogens with one attached hydrogen (secondary N) is 1. The Kier molecular flexibility index (Phi) is 7.60. The maximum absolute atomic E-state index is 12.5. The van der Waals surface area contributed by atoms with E-state index in [0.29, 0.717) is 10.0 Å². The maximum Gasteiger partial charge on any atom is 0.573 e. The number of carbonyl (C=O) groups is 1. The molecule has 1 aromatic rings. The van der Waals surface area contributed by atoms with Crippen molar-refractivity contribution in [3.05, 3.63) is 28.2 Å². The van der Waals surface area contributed by atoms with Gasteiger partial charge in [0.2, 0.25) is 0 Å². The summed E-state index contributed by atoms with van der Waals surface area (Å²) < 4.78 is 60.7. The number of carbonyl (C=O) groups excluding carboxylic acids is 1. The summed E-state index contributed by atoms with van der Waals surface area (Å²) in [5.74, 6) is -1.04. The monoisotopic (exact) mass is 445 g/mol. The number of methoxy groups -OCH3 is 1. The van der Waals surface area contributed by atoms with Crippen molar-refractivity contribution in [3.8, 4) is 5.75 Å². The molecule has 0 aromatic heterocycles. The minimum absolute atomic E-state index is 0.208. The van der Waals surface area contributed by atoms with E-state index in [4.69, 9.17) is 0 Å². The Hall–Kier alpha value is -0.970. The van der Waals surface area contributed by atoms with Crippen LogP contribution in [0.2, 0.25) is 0 Å². The first kappa shape index (κ1) is 22.1. The third-order valence-corrected chi connectivity index (χ3v) is 5.00. The summed E-state index contributed by atoms with van der Waals surface area (Å²) in [5, 5.41) is 0. The molecule has 2 atom stereocenters. The molecule has 10 heteroatoms. The smallest absolute Gasteiger partial charge is 0.573 e. The molecule has 0 heterocycles. The lowest BCUT2D eigenvalue weighted by Crippen LogP contribution is -2.41. The van der Waals surface area contributed by atoms with Gasteiger partial charge in [-0.2, -0.15) is 0 Å². The summed E-state index contributed by atoms with van der Waals surface area (Å²) in [4.78, 5) is 11.6. The average molecular weight is 446 g/mol. The van der Waals surface area contributed by atoms with Gasteiger partial charge in [0.05, 0.1) is 19.6 Å². The second-order valence-corrected chi connectivity index (χ2v) is 9.01. The van der Waals surface area contributed by atoms with Crippen molar-refractivity contribution < 1.29 is 32.0 Å². The summed E-state index contributed by atoms with van der Waals surface area (Å²) in [6.07, 6.45) is -5.06. The van der Waals surface area contributed by atoms with Crippen LogP contribution in [0.3, 0.4) is 0 Å². The van der Waals surface area contributed by atoms with Crippen LogP contribution in [-0.2, 0) is 20.9 Å². The first-order valence-corrected chi connectivity index (χ1v) is 9.07. The largest absolute Gasteiger partial charge is 0.598 e. The normalized spacial score (nSPS) is 14.8. The van der Waals surface area contributed by atoms with E-state index in [0.717, 1.165) is 12.1 Å². The van der Waals surface area contributed by atoms with Crippen LogP contribution in [0.15, 0.2) is 22.7 Å². The number of hydrogen-bond acceptors (Lipinski definition) is 5. The molecule has 0 saturated carbocycles. The summed E-state index contributed by atoms with van der Waals surface area (Å²) in [6, 6.07) is 2.98. The van der Waals surface area contributed by atoms with Gasteiger partial charge in [-0.05, 0) is 44.5 Å². The minimum atomic E-state index is -4.85. The standard InChI is InChI=1S/C15H19BrF3NO4S/c1-14(2,3)25(22)20-12(8-13(21)23-4)9-5-10(16)7-11(6-9)24-15(17,18)19/h5-7,12,20H,8H2,1-4H3/t12-,25+/m0/s1. The number of alkyl halides is 3. The van der Waals surface area contributed by atoms with Crippen LogP contribution < -0.4 is 9.46 Å². The number of esters is 1. The molecule has 0 aliphatic carbocycles. The number of benzene rings is 1. The fraction of sp³-hybridized carbons (Fsp3) is 0.533. The lowest BCUT2D eigenvalue weighted by Gasteiger charge is -2.28. The van der Waals surface area contributed by atoms with Gasteiger partial charge in [-0.3, -0.25) is 4.79 Å². The van der Waals surface area contributed by atoms with Gasteiger partial charge in [-0.15, -0.1) is 17.9 Å². The summed E-state index contributed by atoms with van der Waals surface area (Å²) in [7, 11) is 1.19. The number of hydrogen-bond donors (Lipinski definition) is 1. The van der Waals surface area contributed by atoms with Gasteiger partial charge < -0.3 is 14.0 Å². The molecule has 0 aliphatic rings. The molecule has 1 N–H and O–H groups in total. The second kappa shape index (κ2) is 8.61. The van der Waals surface area contributed by atoms with Gasteiger partial charge in [0.15, 0.2) is 0 Å². The molecule has 0 radical (unpaired) electrons. The third kappa shape index (κ3) is 7.85. The zero-order chi connectivity index (χ0) is 19.4. The Bertz CT molecular complexity index is 607. The molecule has 0 fully saturated rings. The molecule has 0 aliphatic heterocycles. The molecule has 0 unspecified atom stereocenters. The van der Waals surface area contributed by atoms with Crippen LogP contribution in [0.25, 0.3) is 0 Å². The average Bonchev–Trinajstić information content (AvgIpc) is 2.42. The van der Waals surface area contributed by atoms with E-state index in [-0.39, 0.29) is 6.42 Å². The van der Waals surface area contributed by atoms with E-state index in [9.17, 15) is 22.5 Å². The van der Waals surface area contributed by atoms with Crippen molar-refractivity contribution in [1.82, 2.24) is 4.72 Å². The fourth-order valence-electron chi connectivity index (χ4n) is 1.76. The summed E-state index contributed by atoms with van der Waals surface area (Å²) in [6.45, 7) is 5.18. The number of ether oxygens (including phenoxy) is 2. The predicted molar refractivity (Wildman–Crippen MR) is 91.2 cm³/mol. The van der Waals surface area contributed by atoms with Crippen molar-refractivity contribution in [2.24, 2.45) is 0 Å². The van der Waals surface area contributed by atoms with Gasteiger partial charge >= 0.3 is 12.3 Å². The molecule has 0 spiro atoms. The third-order valence-electron chi connectivity index (χ3n) is 2.93. The van der Waals surface area contributed by atoms with E-state index >= 15 is 0 Å². The van der Waals surface area contributed by atoms with Crippen LogP contribution in [-0.4, -0.2) is 28.7 Å². The van der Waals surface area contributed by atoms with Crippen LogP contribution in [0, 0.1) is 0 Å². The van der Waals surface area contributed by atoms with E-state index in [1.165, 1.54) is 13.2 Å². The second-order valence-electron chi connectivity index (χ2n) is 6.10. The maximum atomic E-state index is 12.5. The molecule has 0 bridgehead atoms. The Balaban J connectivity index is 3.18. The highest BCUT2D eigenvalue weighted by Gasteiger charge is 2.33. The van der Waals surface area contributed by atoms with Gasteiger partial charge in [-0.1, -0.05) is 15.9 Å². The highest BCUT2D eigenvalue weighted by molar-refractivity contribution is 9.10. The number of rotatable bonds is 6. The highest BCUT2D eigenvalue weighted by atomic mass is 79.9. The fourth-order valence-corrected chi connectivity index (χ4v) is 3.08. The SMILES string of the molecule is COC(=O)C[C@H](N[S@+]([O-])C(C)(C)C)c1cc(Br)cc(OC(F)(F)F)c1. The Morgan fingerprint density at radius 2 is 1.92 bits per heavy atom. The molecule has 1 aromatic carbocycles. The lowest BCUT2D eigenvalue weighted by atomic mass is 10.0. The molecule has 0 amide bonds. The van der Waals surface area contributed by atoms with Crippen LogP contribution >= 0.6 is 15.9 Å². The Labute approximate surface area is 155 Å². The van der Waals surface area contributed by atoms with Gasteiger partial charge in [0.25, 0.3) is 0 Å². The van der Waals surface area contributed by atoms with Crippen molar-refractivity contribution in [2.75, 3.05) is 7.11 Å². The summed E-state index contributed by atoms with van der Waals surface area (Å²) >= 11 is 1.56. The van der Waals surface area contributed by atoms with Crippen LogP contribution in [0.5, 0.6) is 5.75 Å². The molecular formula is C15H19BrF3NO4S. The van der Waals surface area contributed by atoms with Crippen molar-refractivity contribution in [3.63, 3.8) is 0 Å². The van der Waals surface area contributed by atoms with E-state index in [1.54, 1.807) is 20.8 Å².